The Morgan fingerprint density at radius 2 is 2.33 bits per heavy atom. The second-order valence-electron chi connectivity index (χ2n) is 3.70. The van der Waals surface area contributed by atoms with E-state index >= 15 is 0 Å². The van der Waals surface area contributed by atoms with E-state index in [-0.39, 0.29) is 5.91 Å². The number of carbonyl (C=O) groups is 1. The Morgan fingerprint density at radius 3 is 3.00 bits per heavy atom. The van der Waals surface area contributed by atoms with Crippen molar-refractivity contribution in [3.63, 3.8) is 0 Å². The number of nitrogens with one attached hydrogen (secondary N) is 1. The predicted molar refractivity (Wildman–Crippen MR) is 74.6 cm³/mol. The van der Waals surface area contributed by atoms with E-state index in [1.54, 1.807) is 29.1 Å². The number of hydrogen-bond acceptors (Lipinski definition) is 2. The van der Waals surface area contributed by atoms with Gasteiger partial charge in [-0.25, -0.2) is 0 Å². The molecule has 1 aromatic carbocycles. The Labute approximate surface area is 118 Å². The SMILES string of the molecule is O=C(CCn1cccn1)Nc1ccc(Br)c(Cl)c1. The van der Waals surface area contributed by atoms with Gasteiger partial charge >= 0.3 is 0 Å². The molecule has 0 aliphatic carbocycles. The van der Waals surface area contributed by atoms with Gasteiger partial charge in [0.1, 0.15) is 0 Å². The Hall–Kier alpha value is -1.33. The third kappa shape index (κ3) is 3.58. The lowest BCUT2D eigenvalue weighted by atomic mass is 10.3. The fraction of sp³-hybridized carbons (Fsp3) is 0.167. The summed E-state index contributed by atoms with van der Waals surface area (Å²) >= 11 is 9.24. The van der Waals surface area contributed by atoms with Gasteiger partial charge in [-0.2, -0.15) is 5.10 Å². The molecule has 94 valence electrons. The van der Waals surface area contributed by atoms with Crippen LogP contribution in [0, 0.1) is 0 Å². The fourth-order valence-electron chi connectivity index (χ4n) is 1.45. The van der Waals surface area contributed by atoms with Crippen molar-refractivity contribution >= 4 is 39.1 Å². The second-order valence-corrected chi connectivity index (χ2v) is 4.96. The first-order valence-corrected chi connectivity index (χ1v) is 6.54. The summed E-state index contributed by atoms with van der Waals surface area (Å²) in [5.41, 5.74) is 0.689. The molecular weight excluding hydrogens is 318 g/mol. The minimum atomic E-state index is -0.0658. The lowest BCUT2D eigenvalue weighted by Crippen LogP contribution is -2.14. The smallest absolute Gasteiger partial charge is 0.226 e. The Kier molecular flexibility index (Phi) is 4.38. The van der Waals surface area contributed by atoms with Crippen molar-refractivity contribution in [2.45, 2.75) is 13.0 Å². The van der Waals surface area contributed by atoms with Gasteiger partial charge in [0.2, 0.25) is 5.91 Å². The van der Waals surface area contributed by atoms with Crippen LogP contribution < -0.4 is 5.32 Å². The zero-order valence-corrected chi connectivity index (χ0v) is 11.8. The maximum absolute atomic E-state index is 11.7. The molecule has 0 unspecified atom stereocenters. The van der Waals surface area contributed by atoms with Gasteiger partial charge in [-0.05, 0) is 40.2 Å². The van der Waals surface area contributed by atoms with E-state index in [2.05, 4.69) is 26.3 Å². The maximum atomic E-state index is 11.7. The van der Waals surface area contributed by atoms with Crippen LogP contribution in [0.2, 0.25) is 5.02 Å². The fourth-order valence-corrected chi connectivity index (χ4v) is 1.87. The summed E-state index contributed by atoms with van der Waals surface area (Å²) in [6.07, 6.45) is 3.88. The summed E-state index contributed by atoms with van der Waals surface area (Å²) in [6.45, 7) is 0.559. The highest BCUT2D eigenvalue weighted by Gasteiger charge is 2.04. The highest BCUT2D eigenvalue weighted by atomic mass is 79.9. The zero-order valence-electron chi connectivity index (χ0n) is 9.44. The average molecular weight is 329 g/mol. The van der Waals surface area contributed by atoms with Gasteiger partial charge in [0, 0.05) is 35.5 Å². The molecule has 0 radical (unpaired) electrons. The summed E-state index contributed by atoms with van der Waals surface area (Å²) < 4.78 is 2.52. The van der Waals surface area contributed by atoms with Crippen LogP contribution in [-0.4, -0.2) is 15.7 Å². The Morgan fingerprint density at radius 1 is 1.50 bits per heavy atom. The number of anilines is 1. The number of aryl methyl sites for hydroxylation is 1. The molecule has 1 aromatic heterocycles. The molecule has 0 aliphatic heterocycles. The van der Waals surface area contributed by atoms with Crippen molar-refractivity contribution in [1.82, 2.24) is 9.78 Å². The molecule has 0 spiro atoms. The van der Waals surface area contributed by atoms with Crippen molar-refractivity contribution in [3.05, 3.63) is 46.2 Å². The molecule has 2 rings (SSSR count). The summed E-state index contributed by atoms with van der Waals surface area (Å²) in [6, 6.07) is 7.12. The summed E-state index contributed by atoms with van der Waals surface area (Å²) in [5.74, 6) is -0.0658. The first-order valence-electron chi connectivity index (χ1n) is 5.37. The van der Waals surface area contributed by atoms with Gasteiger partial charge in [-0.15, -0.1) is 0 Å². The predicted octanol–water partition coefficient (Wildman–Crippen LogP) is 3.33. The number of rotatable bonds is 4. The molecule has 0 aliphatic rings. The van der Waals surface area contributed by atoms with E-state index < -0.39 is 0 Å². The van der Waals surface area contributed by atoms with Crippen LogP contribution in [0.15, 0.2) is 41.1 Å². The number of nitrogens with zero attached hydrogens (tertiary/aromatic N) is 2. The van der Waals surface area contributed by atoms with E-state index in [4.69, 9.17) is 11.6 Å². The molecule has 1 amide bonds. The highest BCUT2D eigenvalue weighted by Crippen LogP contribution is 2.25. The number of halogens is 2. The lowest BCUT2D eigenvalue weighted by molar-refractivity contribution is -0.116. The minimum absolute atomic E-state index is 0.0658. The molecule has 6 heteroatoms. The van der Waals surface area contributed by atoms with Gasteiger partial charge in [0.25, 0.3) is 0 Å². The van der Waals surface area contributed by atoms with E-state index in [9.17, 15) is 4.79 Å². The lowest BCUT2D eigenvalue weighted by Gasteiger charge is -2.06. The largest absolute Gasteiger partial charge is 0.326 e. The number of aromatic nitrogens is 2. The minimum Gasteiger partial charge on any atom is -0.326 e. The van der Waals surface area contributed by atoms with Crippen molar-refractivity contribution in [3.8, 4) is 0 Å². The molecule has 0 atom stereocenters. The first-order chi connectivity index (χ1) is 8.65. The van der Waals surface area contributed by atoms with Gasteiger partial charge in [0.15, 0.2) is 0 Å². The van der Waals surface area contributed by atoms with Crippen LogP contribution in [0.5, 0.6) is 0 Å². The van der Waals surface area contributed by atoms with E-state index in [0.717, 1.165) is 4.47 Å². The molecule has 0 bridgehead atoms. The Bertz CT molecular complexity index is 542. The van der Waals surface area contributed by atoms with E-state index in [1.165, 1.54) is 0 Å². The number of benzene rings is 1. The van der Waals surface area contributed by atoms with Gasteiger partial charge in [-0.3, -0.25) is 9.48 Å². The number of hydrogen-bond donors (Lipinski definition) is 1. The highest BCUT2D eigenvalue weighted by molar-refractivity contribution is 9.10. The van der Waals surface area contributed by atoms with Crippen LogP contribution in [0.3, 0.4) is 0 Å². The molecule has 2 aromatic rings. The quantitative estimate of drug-likeness (QED) is 0.936. The molecule has 0 fully saturated rings. The maximum Gasteiger partial charge on any atom is 0.226 e. The molecule has 4 nitrogen and oxygen atoms in total. The van der Waals surface area contributed by atoms with Crippen molar-refractivity contribution < 1.29 is 4.79 Å². The van der Waals surface area contributed by atoms with E-state index in [1.807, 2.05) is 12.3 Å². The third-order valence-corrected chi connectivity index (χ3v) is 3.56. The van der Waals surface area contributed by atoms with E-state index in [0.29, 0.717) is 23.7 Å². The van der Waals surface area contributed by atoms with Crippen molar-refractivity contribution in [2.75, 3.05) is 5.32 Å². The first kappa shape index (κ1) is 13.1. The van der Waals surface area contributed by atoms with Gasteiger partial charge in [0.05, 0.1) is 5.02 Å². The summed E-state index contributed by atoms with van der Waals surface area (Å²) in [7, 11) is 0. The topological polar surface area (TPSA) is 46.9 Å². The molecular formula is C12H11BrClN3O. The molecule has 0 saturated carbocycles. The van der Waals surface area contributed by atoms with Crippen LogP contribution in [0.1, 0.15) is 6.42 Å². The molecule has 1 N–H and O–H groups in total. The number of carbonyl (C=O) groups excluding carboxylic acids is 1. The average Bonchev–Trinajstić information content (AvgIpc) is 2.84. The van der Waals surface area contributed by atoms with Crippen molar-refractivity contribution in [2.24, 2.45) is 0 Å². The standard InChI is InChI=1S/C12H11BrClN3O/c13-10-3-2-9(8-11(10)14)16-12(18)4-7-17-6-1-5-15-17/h1-3,5-6,8H,4,7H2,(H,16,18). The normalized spacial score (nSPS) is 10.3. The number of amides is 1. The third-order valence-electron chi connectivity index (χ3n) is 2.33. The Balaban J connectivity index is 1.88. The van der Waals surface area contributed by atoms with Gasteiger partial charge < -0.3 is 5.32 Å². The van der Waals surface area contributed by atoms with Crippen molar-refractivity contribution in [1.29, 1.82) is 0 Å². The van der Waals surface area contributed by atoms with Gasteiger partial charge in [-0.1, -0.05) is 11.6 Å². The van der Waals surface area contributed by atoms with Crippen LogP contribution in [0.25, 0.3) is 0 Å². The summed E-state index contributed by atoms with van der Waals surface area (Å²) in [4.78, 5) is 11.7. The monoisotopic (exact) mass is 327 g/mol. The molecule has 0 saturated heterocycles. The van der Waals surface area contributed by atoms with Crippen LogP contribution in [-0.2, 0) is 11.3 Å². The molecule has 1 heterocycles. The van der Waals surface area contributed by atoms with Crippen LogP contribution in [0.4, 0.5) is 5.69 Å². The summed E-state index contributed by atoms with van der Waals surface area (Å²) in [5, 5.41) is 7.39. The zero-order chi connectivity index (χ0) is 13.0. The van der Waals surface area contributed by atoms with Crippen LogP contribution >= 0.6 is 27.5 Å². The second kappa shape index (κ2) is 6.02. The molecule has 18 heavy (non-hydrogen) atoms.